The molecule has 2 rings (SSSR count). The lowest BCUT2D eigenvalue weighted by Crippen LogP contribution is -2.00. The van der Waals surface area contributed by atoms with E-state index >= 15 is 0 Å². The van der Waals surface area contributed by atoms with Crippen molar-refractivity contribution in [3.63, 3.8) is 0 Å². The van der Waals surface area contributed by atoms with Gasteiger partial charge in [-0.1, -0.05) is 42.5 Å². The Morgan fingerprint density at radius 1 is 1.31 bits per heavy atom. The number of hydrogen-bond acceptors (Lipinski definition) is 1. The summed E-state index contributed by atoms with van der Waals surface area (Å²) in [6.45, 7) is 4.14. The normalized spacial score (nSPS) is 32.3. The van der Waals surface area contributed by atoms with E-state index in [9.17, 15) is 0 Å². The van der Waals surface area contributed by atoms with E-state index in [-0.39, 0.29) is 11.7 Å². The maximum atomic E-state index is 5.64. The number of epoxide rings is 1. The third-order valence-electron chi connectivity index (χ3n) is 2.44. The van der Waals surface area contributed by atoms with E-state index in [0.717, 1.165) is 0 Å². The highest BCUT2D eigenvalue weighted by molar-refractivity contribution is 5.29. The van der Waals surface area contributed by atoms with Crippen LogP contribution in [0.15, 0.2) is 42.5 Å². The number of allylic oxidation sites excluding steroid dienone is 1. The van der Waals surface area contributed by atoms with Crippen LogP contribution in [0.3, 0.4) is 0 Å². The first-order chi connectivity index (χ1) is 6.26. The molecule has 0 unspecified atom stereocenters. The Labute approximate surface area is 79.0 Å². The molecular weight excluding hydrogens is 160 g/mol. The predicted octanol–water partition coefficient (Wildman–Crippen LogP) is 3.09. The smallest absolute Gasteiger partial charge is 0.116 e. The van der Waals surface area contributed by atoms with Gasteiger partial charge in [-0.05, 0) is 19.4 Å². The van der Waals surface area contributed by atoms with Crippen LogP contribution in [0.25, 0.3) is 0 Å². The minimum absolute atomic E-state index is 0.0594. The van der Waals surface area contributed by atoms with E-state index in [1.165, 1.54) is 5.56 Å². The fourth-order valence-electron chi connectivity index (χ4n) is 1.70. The molecule has 0 aliphatic carbocycles. The topological polar surface area (TPSA) is 12.5 Å². The van der Waals surface area contributed by atoms with Gasteiger partial charge in [0.15, 0.2) is 0 Å². The van der Waals surface area contributed by atoms with Crippen LogP contribution in [-0.2, 0) is 4.74 Å². The third kappa shape index (κ3) is 1.52. The number of hydrogen-bond donors (Lipinski definition) is 0. The van der Waals surface area contributed by atoms with Gasteiger partial charge in [-0.25, -0.2) is 0 Å². The van der Waals surface area contributed by atoms with Gasteiger partial charge in [0.2, 0.25) is 0 Å². The summed E-state index contributed by atoms with van der Waals surface area (Å²) in [5.74, 6) is 0. The molecule has 1 nitrogen and oxygen atoms in total. The maximum Gasteiger partial charge on any atom is 0.116 e. The second kappa shape index (κ2) is 3.00. The summed E-state index contributed by atoms with van der Waals surface area (Å²) >= 11 is 0. The first-order valence-corrected chi connectivity index (χ1v) is 4.63. The highest BCUT2D eigenvalue weighted by atomic mass is 16.6. The second-order valence-corrected chi connectivity index (χ2v) is 3.59. The molecule has 0 N–H and O–H groups in total. The van der Waals surface area contributed by atoms with Gasteiger partial charge in [0.05, 0.1) is 0 Å². The summed E-state index contributed by atoms with van der Waals surface area (Å²) in [5.41, 5.74) is 1.21. The number of benzene rings is 1. The van der Waals surface area contributed by atoms with E-state index in [2.05, 4.69) is 25.1 Å². The van der Waals surface area contributed by atoms with Gasteiger partial charge in [0.25, 0.3) is 0 Å². The van der Waals surface area contributed by atoms with Crippen LogP contribution in [0, 0.1) is 0 Å². The SMILES string of the molecule is C/C=C\[C@]1(C)O[C@H]1c1ccccc1. The molecule has 13 heavy (non-hydrogen) atoms. The lowest BCUT2D eigenvalue weighted by Gasteiger charge is -1.97. The Morgan fingerprint density at radius 3 is 2.62 bits per heavy atom. The monoisotopic (exact) mass is 174 g/mol. The fraction of sp³-hybridized carbons (Fsp3) is 0.333. The molecule has 1 aliphatic heterocycles. The van der Waals surface area contributed by atoms with Crippen LogP contribution >= 0.6 is 0 Å². The van der Waals surface area contributed by atoms with E-state index in [4.69, 9.17) is 4.74 Å². The van der Waals surface area contributed by atoms with Crippen LogP contribution in [0.1, 0.15) is 25.5 Å². The quantitative estimate of drug-likeness (QED) is 0.496. The summed E-state index contributed by atoms with van der Waals surface area (Å²) in [5, 5.41) is 0. The molecule has 0 saturated carbocycles. The largest absolute Gasteiger partial charge is 0.357 e. The van der Waals surface area contributed by atoms with Crippen molar-refractivity contribution in [2.24, 2.45) is 0 Å². The Hall–Kier alpha value is -1.08. The van der Waals surface area contributed by atoms with Crippen molar-refractivity contribution in [1.82, 2.24) is 0 Å². The molecule has 1 saturated heterocycles. The van der Waals surface area contributed by atoms with E-state index in [0.29, 0.717) is 0 Å². The molecule has 68 valence electrons. The highest BCUT2D eigenvalue weighted by Crippen LogP contribution is 2.50. The first kappa shape index (κ1) is 8.52. The molecule has 1 heterocycles. The van der Waals surface area contributed by atoms with Crippen molar-refractivity contribution in [2.45, 2.75) is 25.6 Å². The maximum absolute atomic E-state index is 5.64. The molecule has 1 aromatic rings. The van der Waals surface area contributed by atoms with Gasteiger partial charge < -0.3 is 4.74 Å². The van der Waals surface area contributed by atoms with Gasteiger partial charge in [0, 0.05) is 0 Å². The van der Waals surface area contributed by atoms with Gasteiger partial charge in [-0.3, -0.25) is 0 Å². The van der Waals surface area contributed by atoms with E-state index < -0.39 is 0 Å². The van der Waals surface area contributed by atoms with Crippen molar-refractivity contribution < 1.29 is 4.74 Å². The molecule has 0 bridgehead atoms. The minimum atomic E-state index is -0.0594. The van der Waals surface area contributed by atoms with Crippen LogP contribution < -0.4 is 0 Å². The standard InChI is InChI=1S/C12H14O/c1-3-9-12(2)11(13-12)10-7-5-4-6-8-10/h3-9,11H,1-2H3/b9-3-/t11-,12-/m0/s1. The van der Waals surface area contributed by atoms with Crippen molar-refractivity contribution in [1.29, 1.82) is 0 Å². The van der Waals surface area contributed by atoms with Crippen LogP contribution in [0.4, 0.5) is 0 Å². The van der Waals surface area contributed by atoms with E-state index in [1.807, 2.05) is 31.2 Å². The summed E-state index contributed by atoms with van der Waals surface area (Å²) in [4.78, 5) is 0. The fourth-order valence-corrected chi connectivity index (χ4v) is 1.70. The Kier molecular flexibility index (Phi) is 1.97. The van der Waals surface area contributed by atoms with Gasteiger partial charge >= 0.3 is 0 Å². The average molecular weight is 174 g/mol. The van der Waals surface area contributed by atoms with Crippen molar-refractivity contribution in [2.75, 3.05) is 0 Å². The summed E-state index contributed by atoms with van der Waals surface area (Å²) in [7, 11) is 0. The predicted molar refractivity (Wildman–Crippen MR) is 53.5 cm³/mol. The molecule has 1 fully saturated rings. The zero-order valence-corrected chi connectivity index (χ0v) is 8.03. The zero-order valence-electron chi connectivity index (χ0n) is 8.03. The van der Waals surface area contributed by atoms with Gasteiger partial charge in [-0.2, -0.15) is 0 Å². The molecule has 1 heteroatoms. The van der Waals surface area contributed by atoms with Crippen LogP contribution in [0.5, 0.6) is 0 Å². The zero-order chi connectivity index (χ0) is 9.31. The average Bonchev–Trinajstić information content (AvgIpc) is 2.80. The van der Waals surface area contributed by atoms with Crippen molar-refractivity contribution in [3.05, 3.63) is 48.0 Å². The van der Waals surface area contributed by atoms with Crippen LogP contribution in [-0.4, -0.2) is 5.60 Å². The number of rotatable bonds is 2. The third-order valence-corrected chi connectivity index (χ3v) is 2.44. The molecule has 0 amide bonds. The van der Waals surface area contributed by atoms with Crippen molar-refractivity contribution >= 4 is 0 Å². The van der Waals surface area contributed by atoms with Gasteiger partial charge in [0.1, 0.15) is 11.7 Å². The summed E-state index contributed by atoms with van der Waals surface area (Å²) < 4.78 is 5.64. The van der Waals surface area contributed by atoms with E-state index in [1.54, 1.807) is 0 Å². The molecule has 1 aliphatic rings. The van der Waals surface area contributed by atoms with Gasteiger partial charge in [-0.15, -0.1) is 0 Å². The van der Waals surface area contributed by atoms with Crippen LogP contribution in [0.2, 0.25) is 0 Å². The highest BCUT2D eigenvalue weighted by Gasteiger charge is 2.50. The molecule has 0 aromatic heterocycles. The molecule has 1 aromatic carbocycles. The summed E-state index contributed by atoms with van der Waals surface area (Å²) in [6.07, 6.45) is 4.41. The first-order valence-electron chi connectivity index (χ1n) is 4.63. The second-order valence-electron chi connectivity index (χ2n) is 3.59. The molecule has 0 spiro atoms. The van der Waals surface area contributed by atoms with Crippen molar-refractivity contribution in [3.8, 4) is 0 Å². The minimum Gasteiger partial charge on any atom is -0.357 e. The lowest BCUT2D eigenvalue weighted by atomic mass is 10.0. The Balaban J connectivity index is 2.16. The molecular formula is C12H14O. The summed E-state index contributed by atoms with van der Waals surface area (Å²) in [6, 6.07) is 10.3. The Bertz CT molecular complexity index is 315. The number of ether oxygens (including phenoxy) is 1. The molecule has 2 atom stereocenters. The molecule has 0 radical (unpaired) electrons. The lowest BCUT2D eigenvalue weighted by molar-refractivity contribution is 0.345. The Morgan fingerprint density at radius 2 is 2.00 bits per heavy atom.